The summed E-state index contributed by atoms with van der Waals surface area (Å²) in [6.07, 6.45) is 0.610. The summed E-state index contributed by atoms with van der Waals surface area (Å²) in [5.74, 6) is 1.46. The van der Waals surface area contributed by atoms with Gasteiger partial charge in [0.25, 0.3) is 0 Å². The van der Waals surface area contributed by atoms with Crippen molar-refractivity contribution in [2.75, 3.05) is 19.7 Å². The highest BCUT2D eigenvalue weighted by Gasteiger charge is 2.20. The Labute approximate surface area is 145 Å². The van der Waals surface area contributed by atoms with Crippen LogP contribution in [-0.2, 0) is 6.42 Å². The Morgan fingerprint density at radius 3 is 2.83 bits per heavy atom. The largest absolute Gasteiger partial charge is 0.486 e. The Bertz CT molecular complexity index is 717. The minimum Gasteiger partial charge on any atom is -0.486 e. The van der Waals surface area contributed by atoms with Crippen molar-refractivity contribution in [1.29, 1.82) is 0 Å². The predicted octanol–water partition coefficient (Wildman–Crippen LogP) is 2.44. The van der Waals surface area contributed by atoms with E-state index in [0.717, 1.165) is 22.9 Å². The second-order valence-corrected chi connectivity index (χ2v) is 6.91. The van der Waals surface area contributed by atoms with Crippen LogP contribution in [0.4, 0.5) is 4.79 Å². The van der Waals surface area contributed by atoms with E-state index in [4.69, 9.17) is 9.47 Å². The third-order valence-corrected chi connectivity index (χ3v) is 4.83. The zero-order valence-corrected chi connectivity index (χ0v) is 14.6. The number of para-hydroxylation sites is 2. The van der Waals surface area contributed by atoms with Gasteiger partial charge in [-0.1, -0.05) is 12.1 Å². The van der Waals surface area contributed by atoms with Gasteiger partial charge in [0.15, 0.2) is 17.6 Å². The first-order valence-corrected chi connectivity index (χ1v) is 8.76. The number of nitrogens with zero attached hydrogens (tertiary/aromatic N) is 1. The number of fused-ring (bicyclic) bond motifs is 1. The molecule has 0 saturated carbocycles. The molecule has 1 aromatic heterocycles. The molecule has 2 amide bonds. The zero-order chi connectivity index (χ0) is 16.9. The number of aromatic nitrogens is 1. The molecular formula is C17H21N3O3S. The maximum Gasteiger partial charge on any atom is 0.314 e. The summed E-state index contributed by atoms with van der Waals surface area (Å²) in [5, 5.41) is 6.74. The summed E-state index contributed by atoms with van der Waals surface area (Å²) in [6.45, 7) is 5.40. The number of thiazole rings is 1. The molecule has 2 N–H and O–H groups in total. The number of carbonyl (C=O) groups excluding carboxylic acids is 1. The quantitative estimate of drug-likeness (QED) is 0.871. The van der Waals surface area contributed by atoms with Crippen molar-refractivity contribution in [3.8, 4) is 11.5 Å². The number of hydrogen-bond donors (Lipinski definition) is 2. The molecule has 1 aliphatic rings. The van der Waals surface area contributed by atoms with Crippen LogP contribution in [0.25, 0.3) is 0 Å². The van der Waals surface area contributed by atoms with Gasteiger partial charge in [-0.3, -0.25) is 0 Å². The summed E-state index contributed by atoms with van der Waals surface area (Å²) in [5.41, 5.74) is 1.05. The van der Waals surface area contributed by atoms with Crippen LogP contribution in [0, 0.1) is 13.8 Å². The third-order valence-electron chi connectivity index (χ3n) is 3.70. The first kappa shape index (κ1) is 16.6. The number of aryl methyl sites for hydroxylation is 2. The smallest absolute Gasteiger partial charge is 0.314 e. The van der Waals surface area contributed by atoms with Gasteiger partial charge in [0.05, 0.1) is 17.2 Å². The highest BCUT2D eigenvalue weighted by Crippen LogP contribution is 2.30. The van der Waals surface area contributed by atoms with Crippen molar-refractivity contribution in [2.24, 2.45) is 0 Å². The van der Waals surface area contributed by atoms with Crippen LogP contribution in [0.1, 0.15) is 15.6 Å². The summed E-state index contributed by atoms with van der Waals surface area (Å²) >= 11 is 1.68. The number of rotatable bonds is 5. The van der Waals surface area contributed by atoms with Crippen LogP contribution in [0.3, 0.4) is 0 Å². The van der Waals surface area contributed by atoms with Crippen LogP contribution in [-0.4, -0.2) is 36.8 Å². The molecule has 128 valence electrons. The van der Waals surface area contributed by atoms with Gasteiger partial charge in [0.1, 0.15) is 6.61 Å². The fourth-order valence-corrected chi connectivity index (χ4v) is 3.46. The molecule has 0 fully saturated rings. The first-order chi connectivity index (χ1) is 11.6. The summed E-state index contributed by atoms with van der Waals surface area (Å²) < 4.78 is 11.4. The van der Waals surface area contributed by atoms with E-state index in [9.17, 15) is 4.79 Å². The number of urea groups is 1. The molecule has 24 heavy (non-hydrogen) atoms. The molecule has 2 heterocycles. The van der Waals surface area contributed by atoms with Crippen molar-refractivity contribution < 1.29 is 14.3 Å². The van der Waals surface area contributed by atoms with Crippen LogP contribution in [0.2, 0.25) is 0 Å². The van der Waals surface area contributed by atoms with Gasteiger partial charge >= 0.3 is 6.03 Å². The van der Waals surface area contributed by atoms with Crippen molar-refractivity contribution in [3.05, 3.63) is 39.8 Å². The molecule has 3 rings (SSSR count). The molecule has 0 spiro atoms. The lowest BCUT2D eigenvalue weighted by Gasteiger charge is -2.26. The lowest BCUT2D eigenvalue weighted by atomic mass is 10.2. The maximum atomic E-state index is 11.9. The van der Waals surface area contributed by atoms with Crippen molar-refractivity contribution in [3.63, 3.8) is 0 Å². The van der Waals surface area contributed by atoms with Crippen molar-refractivity contribution in [2.45, 2.75) is 26.4 Å². The van der Waals surface area contributed by atoms with Gasteiger partial charge in [0, 0.05) is 17.8 Å². The zero-order valence-electron chi connectivity index (χ0n) is 13.8. The van der Waals surface area contributed by atoms with Crippen LogP contribution in [0.15, 0.2) is 24.3 Å². The molecule has 0 radical (unpaired) electrons. The van der Waals surface area contributed by atoms with Gasteiger partial charge in [-0.25, -0.2) is 9.78 Å². The molecule has 1 atom stereocenters. The molecule has 0 aliphatic carbocycles. The van der Waals surface area contributed by atoms with Gasteiger partial charge in [0.2, 0.25) is 0 Å². The number of hydrogen-bond acceptors (Lipinski definition) is 5. The van der Waals surface area contributed by atoms with E-state index < -0.39 is 0 Å². The molecule has 7 heteroatoms. The lowest BCUT2D eigenvalue weighted by Crippen LogP contribution is -2.44. The van der Waals surface area contributed by atoms with E-state index in [0.29, 0.717) is 25.4 Å². The summed E-state index contributed by atoms with van der Waals surface area (Å²) in [6, 6.07) is 7.33. The summed E-state index contributed by atoms with van der Waals surface area (Å²) in [4.78, 5) is 17.5. The Morgan fingerprint density at radius 1 is 1.29 bits per heavy atom. The molecule has 0 bridgehead atoms. The molecular weight excluding hydrogens is 326 g/mol. The monoisotopic (exact) mass is 347 g/mol. The van der Waals surface area contributed by atoms with Crippen LogP contribution in [0.5, 0.6) is 11.5 Å². The van der Waals surface area contributed by atoms with E-state index in [-0.39, 0.29) is 12.1 Å². The average molecular weight is 347 g/mol. The normalized spacial score (nSPS) is 15.8. The number of nitrogens with one attached hydrogen (secondary N) is 2. The maximum absolute atomic E-state index is 11.9. The summed E-state index contributed by atoms with van der Waals surface area (Å²) in [7, 11) is 0. The number of amides is 2. The van der Waals surface area contributed by atoms with Gasteiger partial charge < -0.3 is 20.1 Å². The van der Waals surface area contributed by atoms with E-state index in [1.54, 1.807) is 11.3 Å². The molecule has 2 aromatic rings. The predicted molar refractivity (Wildman–Crippen MR) is 93.0 cm³/mol. The van der Waals surface area contributed by atoms with Gasteiger partial charge in [-0.05, 0) is 26.0 Å². The fourth-order valence-electron chi connectivity index (χ4n) is 2.53. The SMILES string of the molecule is Cc1nc(C)c(CCNC(=O)NCC2COc3ccccc3O2)s1. The number of carbonyl (C=O) groups is 1. The second-order valence-electron chi connectivity index (χ2n) is 5.63. The molecule has 1 unspecified atom stereocenters. The minimum absolute atomic E-state index is 0.183. The Balaban J connectivity index is 1.38. The molecule has 1 aliphatic heterocycles. The fraction of sp³-hybridized carbons (Fsp3) is 0.412. The van der Waals surface area contributed by atoms with Crippen molar-refractivity contribution >= 4 is 17.4 Å². The van der Waals surface area contributed by atoms with Crippen LogP contribution >= 0.6 is 11.3 Å². The highest BCUT2D eigenvalue weighted by atomic mass is 32.1. The average Bonchev–Trinajstić information content (AvgIpc) is 2.90. The van der Waals surface area contributed by atoms with E-state index in [1.807, 2.05) is 38.1 Å². The number of benzene rings is 1. The van der Waals surface area contributed by atoms with Gasteiger partial charge in [-0.2, -0.15) is 0 Å². The third kappa shape index (κ3) is 4.17. The van der Waals surface area contributed by atoms with Crippen LogP contribution < -0.4 is 20.1 Å². The second kappa shape index (κ2) is 7.53. The first-order valence-electron chi connectivity index (χ1n) is 7.95. The van der Waals surface area contributed by atoms with E-state index in [1.165, 1.54) is 4.88 Å². The van der Waals surface area contributed by atoms with Gasteiger partial charge in [-0.15, -0.1) is 11.3 Å². The number of ether oxygens (including phenoxy) is 2. The van der Waals surface area contributed by atoms with E-state index in [2.05, 4.69) is 15.6 Å². The van der Waals surface area contributed by atoms with E-state index >= 15 is 0 Å². The van der Waals surface area contributed by atoms with Crippen molar-refractivity contribution in [1.82, 2.24) is 15.6 Å². The Morgan fingerprint density at radius 2 is 2.08 bits per heavy atom. The lowest BCUT2D eigenvalue weighted by molar-refractivity contribution is 0.0918. The topological polar surface area (TPSA) is 72.5 Å². The Kier molecular flexibility index (Phi) is 5.20. The molecule has 1 aromatic carbocycles. The molecule has 0 saturated heterocycles. The Hall–Kier alpha value is -2.28. The molecule has 6 nitrogen and oxygen atoms in total. The highest BCUT2D eigenvalue weighted by molar-refractivity contribution is 7.11. The minimum atomic E-state index is -0.198. The standard InChI is InChI=1S/C17H21N3O3S/c1-11-16(24-12(2)20-11)7-8-18-17(21)19-9-13-10-22-14-5-3-4-6-15(14)23-13/h3-6,13H,7-10H2,1-2H3,(H2,18,19,21).